The molecule has 0 radical (unpaired) electrons. The average Bonchev–Trinajstić information content (AvgIpc) is 3.42. The molecule has 0 aromatic carbocycles. The second-order valence-corrected chi connectivity index (χ2v) is 21.7. The molecule has 0 aromatic rings. The molecule has 1 saturated heterocycles. The number of unbranched alkanes of at least 4 members (excludes halogenated alkanes) is 32. The summed E-state index contributed by atoms with van der Waals surface area (Å²) in [5.74, 6) is -3.11. The second kappa shape index (κ2) is 53.3. The van der Waals surface area contributed by atoms with Crippen LogP contribution in [0.25, 0.3) is 0 Å². The third-order valence-electron chi connectivity index (χ3n) is 14.4. The summed E-state index contributed by atoms with van der Waals surface area (Å²) >= 11 is 0. The Hall–Kier alpha value is -3.32. The highest BCUT2D eigenvalue weighted by atomic mass is 16.7. The zero-order valence-electron chi connectivity index (χ0n) is 49.2. The number of carbonyl (C=O) groups excluding carboxylic acids is 3. The maximum absolute atomic E-state index is 13.2. The Morgan fingerprint density at radius 3 is 1.19 bits per heavy atom. The molecule has 446 valence electrons. The van der Waals surface area contributed by atoms with Crippen LogP contribution in [0.5, 0.6) is 0 Å². The Morgan fingerprint density at radius 2 is 0.779 bits per heavy atom. The highest BCUT2D eigenvalue weighted by molar-refractivity contribution is 5.74. The summed E-state index contributed by atoms with van der Waals surface area (Å²) in [5.41, 5.74) is 0. The van der Waals surface area contributed by atoms with Gasteiger partial charge in [0.15, 0.2) is 24.6 Å². The molecule has 12 nitrogen and oxygen atoms in total. The Morgan fingerprint density at radius 1 is 0.429 bits per heavy atom. The summed E-state index contributed by atoms with van der Waals surface area (Å²) in [6, 6.07) is 0. The number of ether oxygens (including phenoxy) is 5. The number of carboxylic acids is 1. The van der Waals surface area contributed by atoms with Crippen LogP contribution in [-0.2, 0) is 42.9 Å². The van der Waals surface area contributed by atoms with Gasteiger partial charge < -0.3 is 39.0 Å². The molecule has 1 heterocycles. The minimum atomic E-state index is -1.90. The smallest absolute Gasteiger partial charge is 0.335 e. The third kappa shape index (κ3) is 43.2. The van der Waals surface area contributed by atoms with Crippen LogP contribution in [0.4, 0.5) is 0 Å². The summed E-state index contributed by atoms with van der Waals surface area (Å²) in [6.45, 7) is 5.95. The summed E-state index contributed by atoms with van der Waals surface area (Å²) < 4.78 is 28.5. The van der Waals surface area contributed by atoms with Gasteiger partial charge in [-0.15, -0.1) is 0 Å². The zero-order valence-corrected chi connectivity index (χ0v) is 49.2. The van der Waals surface area contributed by atoms with Crippen molar-refractivity contribution in [1.82, 2.24) is 0 Å². The zero-order chi connectivity index (χ0) is 56.1. The van der Waals surface area contributed by atoms with Gasteiger partial charge in [-0.3, -0.25) is 14.4 Å². The second-order valence-electron chi connectivity index (χ2n) is 21.7. The number of carboxylic acid groups (broad SMARTS) is 1. The van der Waals surface area contributed by atoms with E-state index in [0.717, 1.165) is 96.3 Å². The molecular formula is C65H114O12. The Kier molecular flexibility index (Phi) is 49.7. The number of allylic oxidation sites excluding steroid dienone is 8. The van der Waals surface area contributed by atoms with Gasteiger partial charge in [-0.1, -0.05) is 236 Å². The van der Waals surface area contributed by atoms with E-state index in [1.807, 2.05) is 0 Å². The van der Waals surface area contributed by atoms with Crippen molar-refractivity contribution in [3.8, 4) is 0 Å². The van der Waals surface area contributed by atoms with Gasteiger partial charge in [-0.25, -0.2) is 4.79 Å². The van der Waals surface area contributed by atoms with E-state index in [4.69, 9.17) is 23.7 Å². The fourth-order valence-corrected chi connectivity index (χ4v) is 9.49. The number of hydrogen-bond acceptors (Lipinski definition) is 11. The third-order valence-corrected chi connectivity index (χ3v) is 14.4. The molecule has 0 aromatic heterocycles. The molecule has 0 aliphatic carbocycles. The van der Waals surface area contributed by atoms with Crippen molar-refractivity contribution in [3.63, 3.8) is 0 Å². The molecule has 12 heteroatoms. The quantitative estimate of drug-likeness (QED) is 0.0228. The average molecular weight is 1090 g/mol. The largest absolute Gasteiger partial charge is 0.479 e. The fraction of sp³-hybridized carbons (Fsp3) is 0.815. The number of aliphatic hydroxyl groups is 2. The van der Waals surface area contributed by atoms with E-state index in [1.165, 1.54) is 135 Å². The van der Waals surface area contributed by atoms with Crippen LogP contribution in [0.2, 0.25) is 0 Å². The lowest BCUT2D eigenvalue weighted by molar-refractivity contribution is -0.301. The molecule has 3 N–H and O–H groups in total. The lowest BCUT2D eigenvalue weighted by atomic mass is 9.98. The van der Waals surface area contributed by atoms with Crippen LogP contribution >= 0.6 is 0 Å². The van der Waals surface area contributed by atoms with Gasteiger partial charge in [0.2, 0.25) is 0 Å². The standard InChI is InChI=1S/C65H114O12/c1-4-7-10-13-16-19-22-24-26-28-29-31-32-34-37-39-42-45-48-51-57(66)73-54-56(75-58(67)52-49-46-43-41-38-35-33-30-27-25-23-20-17-14-11-8-5-2)55-74-65-63(61(70)60(69)62(77-65)64(71)72)76-59(68)53-50-47-44-40-36-21-18-15-12-9-6-3/h16-17,19-20,24-27,56,60-63,65,69-70H,4-15,18,21-23,28-55H2,1-3H3,(H,71,72)/b19-16-,20-17-,26-24-,27-25-. The molecule has 1 aliphatic heterocycles. The molecule has 0 saturated carbocycles. The van der Waals surface area contributed by atoms with E-state index in [1.54, 1.807) is 0 Å². The molecule has 1 rings (SSSR count). The highest BCUT2D eigenvalue weighted by Crippen LogP contribution is 2.27. The molecule has 0 bridgehead atoms. The first-order chi connectivity index (χ1) is 37.6. The molecule has 0 spiro atoms. The van der Waals surface area contributed by atoms with Crippen molar-refractivity contribution in [2.24, 2.45) is 0 Å². The molecular weight excluding hydrogens is 973 g/mol. The van der Waals surface area contributed by atoms with Gasteiger partial charge in [-0.05, 0) is 83.5 Å². The highest BCUT2D eigenvalue weighted by Gasteiger charge is 2.50. The predicted molar refractivity (Wildman–Crippen MR) is 312 cm³/mol. The van der Waals surface area contributed by atoms with Crippen molar-refractivity contribution in [2.75, 3.05) is 13.2 Å². The van der Waals surface area contributed by atoms with E-state index in [2.05, 4.69) is 69.4 Å². The van der Waals surface area contributed by atoms with Crippen molar-refractivity contribution < 1.29 is 58.2 Å². The van der Waals surface area contributed by atoms with Crippen LogP contribution in [0, 0.1) is 0 Å². The fourth-order valence-electron chi connectivity index (χ4n) is 9.49. The van der Waals surface area contributed by atoms with Gasteiger partial charge in [0.1, 0.15) is 18.8 Å². The first kappa shape index (κ1) is 71.7. The number of carbonyl (C=O) groups is 4. The maximum atomic E-state index is 13.2. The van der Waals surface area contributed by atoms with Gasteiger partial charge in [0, 0.05) is 19.3 Å². The molecule has 0 amide bonds. The summed E-state index contributed by atoms with van der Waals surface area (Å²) in [6.07, 6.45) is 52.2. The van der Waals surface area contributed by atoms with Crippen LogP contribution < -0.4 is 0 Å². The first-order valence-corrected chi connectivity index (χ1v) is 31.6. The van der Waals surface area contributed by atoms with Crippen LogP contribution in [-0.4, -0.2) is 89.2 Å². The van der Waals surface area contributed by atoms with Gasteiger partial charge in [0.05, 0.1) is 6.61 Å². The van der Waals surface area contributed by atoms with E-state index < -0.39 is 67.3 Å². The number of hydrogen-bond donors (Lipinski definition) is 3. The normalized spacial score (nSPS) is 18.3. The Labute approximate surface area is 469 Å². The molecule has 6 unspecified atom stereocenters. The Balaban J connectivity index is 2.65. The van der Waals surface area contributed by atoms with Crippen LogP contribution in [0.3, 0.4) is 0 Å². The van der Waals surface area contributed by atoms with Crippen molar-refractivity contribution in [3.05, 3.63) is 48.6 Å². The minimum Gasteiger partial charge on any atom is -0.479 e. The molecule has 1 aliphatic rings. The van der Waals surface area contributed by atoms with E-state index >= 15 is 0 Å². The SMILES string of the molecule is CCCCC/C=C\C/C=C\CCCCCCCCCCCC(=O)OCC(COC1OC(C(=O)O)C(O)C(O)C1OC(=O)CCCCCCCCCCCCC)OC(=O)CCCCCCCCC/C=C\C/C=C\CCCCC. The van der Waals surface area contributed by atoms with Gasteiger partial charge >= 0.3 is 23.9 Å². The summed E-state index contributed by atoms with van der Waals surface area (Å²) in [4.78, 5) is 51.2. The predicted octanol–water partition coefficient (Wildman–Crippen LogP) is 16.6. The van der Waals surface area contributed by atoms with Crippen LogP contribution in [0.1, 0.15) is 290 Å². The van der Waals surface area contributed by atoms with E-state index in [-0.39, 0.29) is 25.9 Å². The molecule has 1 fully saturated rings. The number of aliphatic hydroxyl groups excluding tert-OH is 2. The van der Waals surface area contributed by atoms with Crippen molar-refractivity contribution >= 4 is 23.9 Å². The van der Waals surface area contributed by atoms with E-state index in [0.29, 0.717) is 19.3 Å². The Bertz CT molecular complexity index is 1520. The monoisotopic (exact) mass is 1090 g/mol. The topological polar surface area (TPSA) is 175 Å². The lowest BCUT2D eigenvalue weighted by Gasteiger charge is -2.40. The molecule has 77 heavy (non-hydrogen) atoms. The van der Waals surface area contributed by atoms with E-state index in [9.17, 15) is 34.5 Å². The van der Waals surface area contributed by atoms with Crippen LogP contribution in [0.15, 0.2) is 48.6 Å². The number of esters is 3. The number of aliphatic carboxylic acids is 1. The minimum absolute atomic E-state index is 0.0625. The summed E-state index contributed by atoms with van der Waals surface area (Å²) in [5, 5.41) is 31.5. The van der Waals surface area contributed by atoms with Gasteiger partial charge in [0.25, 0.3) is 0 Å². The van der Waals surface area contributed by atoms with Gasteiger partial charge in [-0.2, -0.15) is 0 Å². The van der Waals surface area contributed by atoms with Crippen molar-refractivity contribution in [2.45, 2.75) is 327 Å². The summed E-state index contributed by atoms with van der Waals surface area (Å²) in [7, 11) is 0. The lowest BCUT2D eigenvalue weighted by Crippen LogP contribution is -2.61. The molecule has 6 atom stereocenters. The van der Waals surface area contributed by atoms with Crippen molar-refractivity contribution in [1.29, 1.82) is 0 Å². The maximum Gasteiger partial charge on any atom is 0.335 e. The number of rotatable bonds is 54. The first-order valence-electron chi connectivity index (χ1n) is 31.6.